The summed E-state index contributed by atoms with van der Waals surface area (Å²) in [7, 11) is 0. The molecule has 0 amide bonds. The molecule has 3 nitrogen and oxygen atoms in total. The first kappa shape index (κ1) is 13.3. The molecule has 1 heterocycles. The minimum absolute atomic E-state index is 0.167. The Morgan fingerprint density at radius 1 is 1.33 bits per heavy atom. The molecule has 0 spiro atoms. The van der Waals surface area contributed by atoms with Gasteiger partial charge in [0, 0.05) is 24.3 Å². The number of benzene rings is 1. The van der Waals surface area contributed by atoms with Gasteiger partial charge in [0.05, 0.1) is 12.2 Å². The Balaban J connectivity index is 2.21. The fourth-order valence-electron chi connectivity index (χ4n) is 2.49. The van der Waals surface area contributed by atoms with Crippen LogP contribution < -0.4 is 4.90 Å². The second-order valence-corrected chi connectivity index (χ2v) is 5.27. The molecule has 4 heteroatoms. The zero-order valence-electron chi connectivity index (χ0n) is 10.7. The second-order valence-electron chi connectivity index (χ2n) is 5.27. The zero-order valence-corrected chi connectivity index (χ0v) is 10.7. The van der Waals surface area contributed by atoms with E-state index in [1.54, 1.807) is 6.07 Å². The lowest BCUT2D eigenvalue weighted by molar-refractivity contribution is 0.0481. The van der Waals surface area contributed by atoms with Gasteiger partial charge in [-0.1, -0.05) is 0 Å². The highest BCUT2D eigenvalue weighted by atomic mass is 19.1. The lowest BCUT2D eigenvalue weighted by Gasteiger charge is -2.26. The number of rotatable bonds is 2. The van der Waals surface area contributed by atoms with Gasteiger partial charge in [-0.3, -0.25) is 0 Å². The largest absolute Gasteiger partial charge is 0.392 e. The minimum Gasteiger partial charge on any atom is -0.392 e. The smallest absolute Gasteiger partial charge is 0.123 e. The first-order valence-electron chi connectivity index (χ1n) is 6.38. The van der Waals surface area contributed by atoms with E-state index in [0.29, 0.717) is 12.0 Å². The average Bonchev–Trinajstić information content (AvgIpc) is 2.50. The van der Waals surface area contributed by atoms with Gasteiger partial charge in [0.1, 0.15) is 5.82 Å². The maximum absolute atomic E-state index is 13.1. The van der Waals surface area contributed by atoms with Crippen LogP contribution in [0.5, 0.6) is 0 Å². The van der Waals surface area contributed by atoms with Crippen LogP contribution in [0.3, 0.4) is 0 Å². The zero-order chi connectivity index (χ0) is 13.2. The molecule has 0 aromatic heterocycles. The van der Waals surface area contributed by atoms with E-state index in [2.05, 4.69) is 4.90 Å². The fourth-order valence-corrected chi connectivity index (χ4v) is 2.49. The van der Waals surface area contributed by atoms with Crippen LogP contribution in [0.1, 0.15) is 31.7 Å². The summed E-state index contributed by atoms with van der Waals surface area (Å²) in [6.07, 6.45) is 2.36. The quantitative estimate of drug-likeness (QED) is 0.848. The summed E-state index contributed by atoms with van der Waals surface area (Å²) in [5.41, 5.74) is 0.863. The third-order valence-corrected chi connectivity index (χ3v) is 3.62. The van der Waals surface area contributed by atoms with Gasteiger partial charge in [-0.25, -0.2) is 4.39 Å². The monoisotopic (exact) mass is 253 g/mol. The van der Waals surface area contributed by atoms with Crippen molar-refractivity contribution < 1.29 is 14.6 Å². The van der Waals surface area contributed by atoms with Crippen LogP contribution in [0.4, 0.5) is 10.1 Å². The summed E-state index contributed by atoms with van der Waals surface area (Å²) in [5.74, 6) is -0.329. The Morgan fingerprint density at radius 3 is 2.83 bits per heavy atom. The first-order chi connectivity index (χ1) is 8.52. The van der Waals surface area contributed by atoms with Gasteiger partial charge in [-0.2, -0.15) is 0 Å². The molecule has 1 fully saturated rings. The molecule has 1 aromatic carbocycles. The van der Waals surface area contributed by atoms with Crippen LogP contribution in [-0.4, -0.2) is 28.9 Å². The molecular weight excluding hydrogens is 233 g/mol. The Bertz CT molecular complexity index is 420. The molecular formula is C14H20FNO2. The molecule has 0 bridgehead atoms. The molecule has 18 heavy (non-hydrogen) atoms. The van der Waals surface area contributed by atoms with Crippen LogP contribution in [0.25, 0.3) is 0 Å². The van der Waals surface area contributed by atoms with Crippen molar-refractivity contribution in [3.63, 3.8) is 0 Å². The van der Waals surface area contributed by atoms with Gasteiger partial charge in [0.15, 0.2) is 0 Å². The minimum atomic E-state index is -0.617. The Kier molecular flexibility index (Phi) is 3.88. The van der Waals surface area contributed by atoms with Crippen molar-refractivity contribution in [2.45, 2.75) is 38.4 Å². The molecule has 2 rings (SSSR count). The highest BCUT2D eigenvalue weighted by Crippen LogP contribution is 2.28. The number of anilines is 1. The average molecular weight is 253 g/mol. The highest BCUT2D eigenvalue weighted by Gasteiger charge is 2.25. The number of hydrogen-bond acceptors (Lipinski definition) is 3. The van der Waals surface area contributed by atoms with E-state index >= 15 is 0 Å². The molecule has 2 N–H and O–H groups in total. The van der Waals surface area contributed by atoms with Gasteiger partial charge < -0.3 is 15.1 Å². The van der Waals surface area contributed by atoms with Crippen molar-refractivity contribution in [3.8, 4) is 0 Å². The fraction of sp³-hybridized carbons (Fsp3) is 0.571. The number of halogens is 1. The molecule has 1 aliphatic rings. The summed E-state index contributed by atoms with van der Waals surface area (Å²) in [6.45, 7) is 3.24. The van der Waals surface area contributed by atoms with Crippen molar-refractivity contribution in [1.82, 2.24) is 0 Å². The number of hydrogen-bond donors (Lipinski definition) is 2. The third-order valence-electron chi connectivity index (χ3n) is 3.62. The number of aliphatic hydroxyl groups excluding tert-OH is 1. The van der Waals surface area contributed by atoms with Crippen molar-refractivity contribution >= 4 is 5.69 Å². The number of aliphatic hydroxyl groups is 2. The summed E-state index contributed by atoms with van der Waals surface area (Å²) >= 11 is 0. The highest BCUT2D eigenvalue weighted by molar-refractivity contribution is 5.53. The standard InChI is InChI=1S/C14H20FNO2/c1-14(18)5-2-7-16(8-6-14)13-4-3-12(15)9-11(13)10-17/h3-4,9,17-18H,2,5-8,10H2,1H3. The van der Waals surface area contributed by atoms with Gasteiger partial charge in [0.2, 0.25) is 0 Å². The van der Waals surface area contributed by atoms with Gasteiger partial charge in [-0.05, 0) is 44.4 Å². The van der Waals surface area contributed by atoms with E-state index in [1.807, 2.05) is 6.92 Å². The maximum atomic E-state index is 13.1. The van der Waals surface area contributed by atoms with Crippen molar-refractivity contribution in [3.05, 3.63) is 29.6 Å². The number of nitrogens with zero attached hydrogens (tertiary/aromatic N) is 1. The van der Waals surface area contributed by atoms with E-state index < -0.39 is 5.60 Å². The Labute approximate surface area is 107 Å². The first-order valence-corrected chi connectivity index (χ1v) is 6.38. The SMILES string of the molecule is CC1(O)CCCN(c2ccc(F)cc2CO)CC1. The molecule has 0 saturated carbocycles. The van der Waals surface area contributed by atoms with E-state index in [9.17, 15) is 14.6 Å². The summed E-state index contributed by atoms with van der Waals surface area (Å²) in [6, 6.07) is 4.50. The van der Waals surface area contributed by atoms with Gasteiger partial charge in [-0.15, -0.1) is 0 Å². The predicted molar refractivity (Wildman–Crippen MR) is 69.0 cm³/mol. The molecule has 1 aliphatic heterocycles. The van der Waals surface area contributed by atoms with Crippen LogP contribution in [0.2, 0.25) is 0 Å². The third kappa shape index (κ3) is 3.00. The molecule has 1 unspecified atom stereocenters. The van der Waals surface area contributed by atoms with Crippen LogP contribution in [-0.2, 0) is 6.61 Å². The molecule has 0 aliphatic carbocycles. The Morgan fingerprint density at radius 2 is 2.11 bits per heavy atom. The lowest BCUT2D eigenvalue weighted by Crippen LogP contribution is -2.28. The van der Waals surface area contributed by atoms with Crippen molar-refractivity contribution in [2.24, 2.45) is 0 Å². The predicted octanol–water partition coefficient (Wildman–Crippen LogP) is 2.06. The van der Waals surface area contributed by atoms with Crippen LogP contribution in [0.15, 0.2) is 18.2 Å². The molecule has 100 valence electrons. The van der Waals surface area contributed by atoms with Crippen molar-refractivity contribution in [2.75, 3.05) is 18.0 Å². The normalized spacial score (nSPS) is 25.0. The van der Waals surface area contributed by atoms with E-state index in [-0.39, 0.29) is 12.4 Å². The van der Waals surface area contributed by atoms with E-state index in [0.717, 1.165) is 31.6 Å². The molecule has 1 saturated heterocycles. The molecule has 1 aromatic rings. The topological polar surface area (TPSA) is 43.7 Å². The Hall–Kier alpha value is -1.13. The van der Waals surface area contributed by atoms with Crippen molar-refractivity contribution in [1.29, 1.82) is 0 Å². The maximum Gasteiger partial charge on any atom is 0.123 e. The van der Waals surface area contributed by atoms with E-state index in [1.165, 1.54) is 12.1 Å². The van der Waals surface area contributed by atoms with Gasteiger partial charge >= 0.3 is 0 Å². The molecule has 1 atom stereocenters. The summed E-state index contributed by atoms with van der Waals surface area (Å²) < 4.78 is 13.1. The second kappa shape index (κ2) is 5.24. The summed E-state index contributed by atoms with van der Waals surface area (Å²) in [5, 5.41) is 19.4. The lowest BCUT2D eigenvalue weighted by atomic mass is 9.98. The van der Waals surface area contributed by atoms with Gasteiger partial charge in [0.25, 0.3) is 0 Å². The van der Waals surface area contributed by atoms with Crippen LogP contribution >= 0.6 is 0 Å². The van der Waals surface area contributed by atoms with E-state index in [4.69, 9.17) is 0 Å². The van der Waals surface area contributed by atoms with Crippen LogP contribution in [0, 0.1) is 5.82 Å². The molecule has 0 radical (unpaired) electrons. The summed E-state index contributed by atoms with van der Waals surface area (Å²) in [4.78, 5) is 2.12.